The highest BCUT2D eigenvalue weighted by Crippen LogP contribution is 2.52. The molecule has 9 heteroatoms. The normalized spacial score (nSPS) is 22.5. The number of rotatable bonds is 7. The van der Waals surface area contributed by atoms with E-state index in [9.17, 15) is 19.7 Å². The van der Waals surface area contributed by atoms with Crippen molar-refractivity contribution in [3.8, 4) is 0 Å². The van der Waals surface area contributed by atoms with Gasteiger partial charge in [-0.15, -0.1) is 0 Å². The van der Waals surface area contributed by atoms with Gasteiger partial charge in [0.15, 0.2) is 6.61 Å². The van der Waals surface area contributed by atoms with Crippen LogP contribution in [0.25, 0.3) is 0 Å². The minimum Gasteiger partial charge on any atom is -0.452 e. The van der Waals surface area contributed by atoms with Gasteiger partial charge in [-0.2, -0.15) is 0 Å². The van der Waals surface area contributed by atoms with Crippen LogP contribution in [-0.2, 0) is 16.1 Å². The van der Waals surface area contributed by atoms with Crippen LogP contribution in [0.15, 0.2) is 42.5 Å². The third-order valence-electron chi connectivity index (χ3n) is 6.92. The number of benzene rings is 2. The summed E-state index contributed by atoms with van der Waals surface area (Å²) in [6.07, 6.45) is 2.93. The predicted molar refractivity (Wildman–Crippen MR) is 133 cm³/mol. The molecule has 2 aromatic rings. The molecule has 186 valence electrons. The molecule has 1 amide bonds. The largest absolute Gasteiger partial charge is 0.452 e. The molecular weight excluding hydrogens is 470 g/mol. The fourth-order valence-electron chi connectivity index (χ4n) is 5.84. The number of hydrogen-bond donors (Lipinski definition) is 1. The minimum absolute atomic E-state index is 0.00712. The highest BCUT2D eigenvalue weighted by atomic mass is 35.5. The number of carbonyl (C=O) groups is 2. The second-order valence-electron chi connectivity index (χ2n) is 10.7. The van der Waals surface area contributed by atoms with Crippen molar-refractivity contribution in [3.63, 3.8) is 0 Å². The Morgan fingerprint density at radius 1 is 1.20 bits per heavy atom. The fourth-order valence-corrected chi connectivity index (χ4v) is 6.04. The van der Waals surface area contributed by atoms with Crippen molar-refractivity contribution in [2.24, 2.45) is 10.8 Å². The number of carbonyl (C=O) groups excluding carboxylic acids is 2. The van der Waals surface area contributed by atoms with Gasteiger partial charge in [-0.1, -0.05) is 50.6 Å². The second-order valence-corrected chi connectivity index (χ2v) is 11.2. The Bertz CT molecular complexity index is 1170. The predicted octanol–water partition coefficient (Wildman–Crippen LogP) is 5.44. The van der Waals surface area contributed by atoms with Crippen LogP contribution < -0.4 is 5.32 Å². The van der Waals surface area contributed by atoms with Gasteiger partial charge in [0.1, 0.15) is 0 Å². The summed E-state index contributed by atoms with van der Waals surface area (Å²) in [5.41, 5.74) is 1.15. The molecule has 1 N–H and O–H groups in total. The van der Waals surface area contributed by atoms with Gasteiger partial charge in [-0.3, -0.25) is 14.9 Å². The lowest BCUT2D eigenvalue weighted by Gasteiger charge is -2.39. The van der Waals surface area contributed by atoms with Gasteiger partial charge >= 0.3 is 5.97 Å². The van der Waals surface area contributed by atoms with Gasteiger partial charge in [-0.05, 0) is 47.8 Å². The summed E-state index contributed by atoms with van der Waals surface area (Å²) in [5.74, 6) is -1.03. The lowest BCUT2D eigenvalue weighted by molar-refractivity contribution is -0.384. The van der Waals surface area contributed by atoms with Crippen LogP contribution in [0.1, 0.15) is 56.0 Å². The van der Waals surface area contributed by atoms with Crippen LogP contribution in [0.4, 0.5) is 11.4 Å². The first kappa shape index (κ1) is 25.0. The van der Waals surface area contributed by atoms with Gasteiger partial charge in [0.25, 0.3) is 11.6 Å². The molecule has 1 aliphatic heterocycles. The van der Waals surface area contributed by atoms with Crippen LogP contribution in [-0.4, -0.2) is 40.9 Å². The number of nitro groups is 1. The Morgan fingerprint density at radius 2 is 1.94 bits per heavy atom. The van der Waals surface area contributed by atoms with Crippen molar-refractivity contribution >= 4 is 34.9 Å². The molecule has 4 rings (SSSR count). The summed E-state index contributed by atoms with van der Waals surface area (Å²) in [6.45, 7) is 7.22. The molecular formula is C26H30ClN3O5. The number of nitrogens with zero attached hydrogens (tertiary/aromatic N) is 2. The first-order valence-electron chi connectivity index (χ1n) is 11.7. The van der Waals surface area contributed by atoms with Gasteiger partial charge in [-0.25, -0.2) is 4.79 Å². The van der Waals surface area contributed by atoms with E-state index < -0.39 is 17.5 Å². The van der Waals surface area contributed by atoms with Crippen LogP contribution >= 0.6 is 11.6 Å². The maximum Gasteiger partial charge on any atom is 0.341 e. The standard InChI is InChI=1S/C26H30ClN3O5/c1-25(2)11-19-12-26(3,15-25)16-29(19)23(31)14-35-24(32)20-10-18(30(33)34)8-9-22(20)28-13-17-6-4-5-7-21(17)27/h4-10,19,28H,11-16H2,1-3H3/t19-,26+/m0/s1. The van der Waals surface area contributed by atoms with E-state index in [1.807, 2.05) is 23.1 Å². The SMILES string of the molecule is CC1(C)C[C@H]2C[C@@](C)(CN2C(=O)COC(=O)c2cc([N+](=O)[O-])ccc2NCc2ccccc2Cl)C1. The molecule has 2 bridgehead atoms. The number of nitro benzene ring substituents is 1. The van der Waals surface area contributed by atoms with Crippen molar-refractivity contribution in [1.29, 1.82) is 0 Å². The molecule has 2 atom stereocenters. The number of esters is 1. The summed E-state index contributed by atoms with van der Waals surface area (Å²) in [6, 6.07) is 11.3. The van der Waals surface area contributed by atoms with Gasteiger partial charge in [0.2, 0.25) is 0 Å². The zero-order valence-corrected chi connectivity index (χ0v) is 20.9. The van der Waals surface area contributed by atoms with E-state index >= 15 is 0 Å². The molecule has 0 aromatic heterocycles. The average molecular weight is 500 g/mol. The number of likely N-dealkylation sites (tertiary alicyclic amines) is 1. The summed E-state index contributed by atoms with van der Waals surface area (Å²) in [4.78, 5) is 38.5. The molecule has 0 unspecified atom stereocenters. The van der Waals surface area contributed by atoms with E-state index in [1.165, 1.54) is 12.1 Å². The molecule has 2 aromatic carbocycles. The Kier molecular flexibility index (Phi) is 6.77. The van der Waals surface area contributed by atoms with E-state index in [-0.39, 0.29) is 34.0 Å². The van der Waals surface area contributed by atoms with Crippen LogP contribution in [0, 0.1) is 20.9 Å². The number of anilines is 1. The number of ether oxygens (including phenoxy) is 1. The average Bonchev–Trinajstić information content (AvgIpc) is 3.05. The molecule has 1 saturated heterocycles. The van der Waals surface area contributed by atoms with Gasteiger partial charge < -0.3 is 15.0 Å². The summed E-state index contributed by atoms with van der Waals surface area (Å²) in [5, 5.41) is 15.0. The summed E-state index contributed by atoms with van der Waals surface area (Å²) >= 11 is 6.21. The second kappa shape index (κ2) is 9.49. The molecule has 2 aliphatic rings. The highest BCUT2D eigenvalue weighted by Gasteiger charge is 2.51. The molecule has 1 aliphatic carbocycles. The molecule has 35 heavy (non-hydrogen) atoms. The number of amides is 1. The Hall–Kier alpha value is -3.13. The fraction of sp³-hybridized carbons (Fsp3) is 0.462. The molecule has 8 nitrogen and oxygen atoms in total. The first-order chi connectivity index (χ1) is 16.5. The summed E-state index contributed by atoms with van der Waals surface area (Å²) in [7, 11) is 0. The number of non-ortho nitro benzene ring substituents is 1. The summed E-state index contributed by atoms with van der Waals surface area (Å²) < 4.78 is 5.37. The Labute approximate surface area is 209 Å². The van der Waals surface area contributed by atoms with Crippen molar-refractivity contribution in [2.45, 2.75) is 52.6 Å². The van der Waals surface area contributed by atoms with Crippen molar-refractivity contribution < 1.29 is 19.2 Å². The van der Waals surface area contributed by atoms with E-state index in [0.717, 1.165) is 30.9 Å². The van der Waals surface area contributed by atoms with Gasteiger partial charge in [0.05, 0.1) is 10.5 Å². The van der Waals surface area contributed by atoms with E-state index in [4.69, 9.17) is 16.3 Å². The molecule has 0 radical (unpaired) electrons. The number of fused-ring (bicyclic) bond motifs is 2. The van der Waals surface area contributed by atoms with Crippen molar-refractivity contribution in [2.75, 3.05) is 18.5 Å². The maximum atomic E-state index is 13.0. The first-order valence-corrected chi connectivity index (χ1v) is 12.1. The van der Waals surface area contributed by atoms with Crippen molar-refractivity contribution in [1.82, 2.24) is 4.90 Å². The molecule has 0 spiro atoms. The number of halogens is 1. The quantitative estimate of drug-likeness (QED) is 0.309. The third-order valence-corrected chi connectivity index (χ3v) is 7.29. The zero-order chi connectivity index (χ0) is 25.4. The van der Waals surface area contributed by atoms with E-state index in [1.54, 1.807) is 6.07 Å². The lowest BCUT2D eigenvalue weighted by Crippen LogP contribution is -2.39. The van der Waals surface area contributed by atoms with Crippen molar-refractivity contribution in [3.05, 3.63) is 68.7 Å². The molecule has 1 heterocycles. The third kappa shape index (κ3) is 5.59. The zero-order valence-electron chi connectivity index (χ0n) is 20.2. The van der Waals surface area contributed by atoms with E-state index in [0.29, 0.717) is 23.8 Å². The van der Waals surface area contributed by atoms with E-state index in [2.05, 4.69) is 26.1 Å². The number of nitrogens with one attached hydrogen (secondary N) is 1. The highest BCUT2D eigenvalue weighted by molar-refractivity contribution is 6.31. The van der Waals surface area contributed by atoms with Crippen LogP contribution in [0.3, 0.4) is 0 Å². The monoisotopic (exact) mass is 499 g/mol. The molecule has 1 saturated carbocycles. The lowest BCUT2D eigenvalue weighted by atomic mass is 9.65. The van der Waals surface area contributed by atoms with Crippen LogP contribution in [0.5, 0.6) is 0 Å². The smallest absolute Gasteiger partial charge is 0.341 e. The molecule has 2 fully saturated rings. The van der Waals surface area contributed by atoms with Crippen LogP contribution in [0.2, 0.25) is 5.02 Å². The van der Waals surface area contributed by atoms with Gasteiger partial charge in [0, 0.05) is 42.0 Å². The Morgan fingerprint density at radius 3 is 2.66 bits per heavy atom. The topological polar surface area (TPSA) is 102 Å². The Balaban J connectivity index is 1.46. The minimum atomic E-state index is -0.794. The number of hydrogen-bond acceptors (Lipinski definition) is 6. The maximum absolute atomic E-state index is 13.0.